The largest absolute Gasteiger partial charge is 0.490 e. The highest BCUT2D eigenvalue weighted by Crippen LogP contribution is 2.32. The molecular weight excluding hydrogens is 228 g/mol. The molecule has 1 saturated heterocycles. The van der Waals surface area contributed by atoms with E-state index in [0.717, 1.165) is 37.7 Å². The van der Waals surface area contributed by atoms with Crippen LogP contribution in [0.5, 0.6) is 11.5 Å². The van der Waals surface area contributed by atoms with Gasteiger partial charge in [-0.15, -0.1) is 0 Å². The van der Waals surface area contributed by atoms with E-state index in [-0.39, 0.29) is 0 Å². The van der Waals surface area contributed by atoms with E-state index in [4.69, 9.17) is 9.47 Å². The van der Waals surface area contributed by atoms with Gasteiger partial charge in [0, 0.05) is 37.9 Å². The second-order valence-corrected chi connectivity index (χ2v) is 4.23. The van der Waals surface area contributed by atoms with Crippen molar-refractivity contribution in [3.63, 3.8) is 0 Å². The summed E-state index contributed by atoms with van der Waals surface area (Å²) in [5, 5.41) is 3.36. The van der Waals surface area contributed by atoms with Crippen molar-refractivity contribution in [3.05, 3.63) is 18.2 Å². The van der Waals surface area contributed by atoms with E-state index in [1.165, 1.54) is 5.69 Å². The summed E-state index contributed by atoms with van der Waals surface area (Å²) in [4.78, 5) is 2.37. The Kier molecular flexibility index (Phi) is 4.70. The van der Waals surface area contributed by atoms with E-state index in [1.54, 1.807) is 0 Å². The van der Waals surface area contributed by atoms with E-state index in [2.05, 4.69) is 22.3 Å². The molecule has 0 unspecified atom stereocenters. The van der Waals surface area contributed by atoms with Gasteiger partial charge in [-0.1, -0.05) is 0 Å². The molecule has 4 heteroatoms. The molecule has 0 radical (unpaired) electrons. The van der Waals surface area contributed by atoms with Gasteiger partial charge in [0.1, 0.15) is 0 Å². The van der Waals surface area contributed by atoms with Crippen LogP contribution in [-0.4, -0.2) is 39.4 Å². The molecule has 0 atom stereocenters. The maximum Gasteiger partial charge on any atom is 0.163 e. The van der Waals surface area contributed by atoms with Crippen molar-refractivity contribution < 1.29 is 9.47 Å². The van der Waals surface area contributed by atoms with Crippen LogP contribution in [-0.2, 0) is 0 Å². The van der Waals surface area contributed by atoms with E-state index >= 15 is 0 Å². The third-order valence-electron chi connectivity index (χ3n) is 3.01. The molecule has 0 aromatic heterocycles. The number of nitrogens with zero attached hydrogens (tertiary/aromatic N) is 1. The summed E-state index contributed by atoms with van der Waals surface area (Å²) in [7, 11) is 0. The molecule has 4 nitrogen and oxygen atoms in total. The minimum absolute atomic E-state index is 0.658. The molecule has 100 valence electrons. The lowest BCUT2D eigenvalue weighted by Crippen LogP contribution is -2.43. The van der Waals surface area contributed by atoms with E-state index < -0.39 is 0 Å². The minimum atomic E-state index is 0.658. The lowest BCUT2D eigenvalue weighted by atomic mass is 10.2. The quantitative estimate of drug-likeness (QED) is 0.865. The lowest BCUT2D eigenvalue weighted by Gasteiger charge is -2.30. The van der Waals surface area contributed by atoms with E-state index in [0.29, 0.717) is 13.2 Å². The van der Waals surface area contributed by atoms with Gasteiger partial charge in [-0.05, 0) is 26.0 Å². The van der Waals surface area contributed by atoms with Gasteiger partial charge >= 0.3 is 0 Å². The summed E-state index contributed by atoms with van der Waals surface area (Å²) in [6.45, 7) is 9.46. The molecule has 0 aliphatic carbocycles. The molecule has 0 saturated carbocycles. The molecule has 1 aliphatic heterocycles. The normalized spacial score (nSPS) is 15.6. The van der Waals surface area contributed by atoms with Gasteiger partial charge in [0.2, 0.25) is 0 Å². The summed E-state index contributed by atoms with van der Waals surface area (Å²) >= 11 is 0. The zero-order valence-electron chi connectivity index (χ0n) is 11.2. The SMILES string of the molecule is CCOc1ccc(N2CCNCC2)cc1OCC. The van der Waals surface area contributed by atoms with Crippen LogP contribution in [0.1, 0.15) is 13.8 Å². The van der Waals surface area contributed by atoms with Crippen LogP contribution in [0.4, 0.5) is 5.69 Å². The molecule has 0 amide bonds. The summed E-state index contributed by atoms with van der Waals surface area (Å²) in [5.74, 6) is 1.67. The monoisotopic (exact) mass is 250 g/mol. The first kappa shape index (κ1) is 13.0. The average Bonchev–Trinajstić information content (AvgIpc) is 2.42. The van der Waals surface area contributed by atoms with Crippen LogP contribution in [0.2, 0.25) is 0 Å². The fourth-order valence-electron chi connectivity index (χ4n) is 2.16. The Morgan fingerprint density at radius 1 is 1.06 bits per heavy atom. The second kappa shape index (κ2) is 6.50. The first-order valence-corrected chi connectivity index (χ1v) is 6.70. The molecule has 0 bridgehead atoms. The van der Waals surface area contributed by atoms with Gasteiger partial charge in [0.05, 0.1) is 13.2 Å². The molecular formula is C14H22N2O2. The molecule has 18 heavy (non-hydrogen) atoms. The van der Waals surface area contributed by atoms with Crippen molar-refractivity contribution in [2.75, 3.05) is 44.3 Å². The first-order valence-electron chi connectivity index (χ1n) is 6.70. The van der Waals surface area contributed by atoms with Gasteiger partial charge in [-0.2, -0.15) is 0 Å². The van der Waals surface area contributed by atoms with Crippen LogP contribution in [0, 0.1) is 0 Å². The molecule has 2 rings (SSSR count). The third kappa shape index (κ3) is 3.07. The Morgan fingerprint density at radius 2 is 1.72 bits per heavy atom. The van der Waals surface area contributed by atoms with Crippen molar-refractivity contribution in [1.29, 1.82) is 0 Å². The molecule has 0 spiro atoms. The zero-order valence-corrected chi connectivity index (χ0v) is 11.2. The second-order valence-electron chi connectivity index (χ2n) is 4.23. The molecule has 1 fully saturated rings. The topological polar surface area (TPSA) is 33.7 Å². The Morgan fingerprint density at radius 3 is 2.39 bits per heavy atom. The lowest BCUT2D eigenvalue weighted by molar-refractivity contribution is 0.288. The van der Waals surface area contributed by atoms with E-state index in [9.17, 15) is 0 Å². The molecule has 1 N–H and O–H groups in total. The Labute approximate surface area is 109 Å². The van der Waals surface area contributed by atoms with Crippen LogP contribution < -0.4 is 19.7 Å². The maximum atomic E-state index is 5.65. The number of benzene rings is 1. The number of hydrogen-bond donors (Lipinski definition) is 1. The van der Waals surface area contributed by atoms with E-state index in [1.807, 2.05) is 19.9 Å². The standard InChI is InChI=1S/C14H22N2O2/c1-3-17-13-6-5-12(11-14(13)18-4-2)16-9-7-15-8-10-16/h5-6,11,15H,3-4,7-10H2,1-2H3. The minimum Gasteiger partial charge on any atom is -0.490 e. The Bertz CT molecular complexity index is 376. The molecule has 1 aliphatic rings. The van der Waals surface area contributed by atoms with Gasteiger partial charge in [0.15, 0.2) is 11.5 Å². The maximum absolute atomic E-state index is 5.65. The Hall–Kier alpha value is -1.42. The highest BCUT2D eigenvalue weighted by molar-refractivity contribution is 5.56. The van der Waals surface area contributed by atoms with Gasteiger partial charge in [0.25, 0.3) is 0 Å². The number of nitrogens with one attached hydrogen (secondary N) is 1. The number of hydrogen-bond acceptors (Lipinski definition) is 4. The molecule has 1 heterocycles. The van der Waals surface area contributed by atoms with Crippen molar-refractivity contribution in [3.8, 4) is 11.5 Å². The van der Waals surface area contributed by atoms with Crippen molar-refractivity contribution in [2.24, 2.45) is 0 Å². The van der Waals surface area contributed by atoms with Crippen molar-refractivity contribution in [2.45, 2.75) is 13.8 Å². The third-order valence-corrected chi connectivity index (χ3v) is 3.01. The van der Waals surface area contributed by atoms with Crippen molar-refractivity contribution in [1.82, 2.24) is 5.32 Å². The smallest absolute Gasteiger partial charge is 0.163 e. The summed E-state index contributed by atoms with van der Waals surface area (Å²) in [5.41, 5.74) is 1.21. The average molecular weight is 250 g/mol. The van der Waals surface area contributed by atoms with Crippen LogP contribution in [0.25, 0.3) is 0 Å². The fourth-order valence-corrected chi connectivity index (χ4v) is 2.16. The van der Waals surface area contributed by atoms with Crippen LogP contribution in [0.3, 0.4) is 0 Å². The van der Waals surface area contributed by atoms with Crippen LogP contribution in [0.15, 0.2) is 18.2 Å². The predicted molar refractivity (Wildman–Crippen MR) is 73.9 cm³/mol. The number of piperazine rings is 1. The fraction of sp³-hybridized carbons (Fsp3) is 0.571. The summed E-state index contributed by atoms with van der Waals surface area (Å²) in [6, 6.07) is 6.20. The van der Waals surface area contributed by atoms with Gasteiger partial charge < -0.3 is 19.7 Å². The predicted octanol–water partition coefficient (Wildman–Crippen LogP) is 1.89. The highest BCUT2D eigenvalue weighted by atomic mass is 16.5. The summed E-state index contributed by atoms with van der Waals surface area (Å²) in [6.07, 6.45) is 0. The van der Waals surface area contributed by atoms with Gasteiger partial charge in [-0.25, -0.2) is 0 Å². The molecule has 1 aromatic carbocycles. The Balaban J connectivity index is 2.18. The van der Waals surface area contributed by atoms with Crippen LogP contribution >= 0.6 is 0 Å². The number of anilines is 1. The zero-order chi connectivity index (χ0) is 12.8. The number of ether oxygens (including phenoxy) is 2. The summed E-state index contributed by atoms with van der Waals surface area (Å²) < 4.78 is 11.2. The van der Waals surface area contributed by atoms with Crippen molar-refractivity contribution >= 4 is 5.69 Å². The van der Waals surface area contributed by atoms with Gasteiger partial charge in [-0.3, -0.25) is 0 Å². The highest BCUT2D eigenvalue weighted by Gasteiger charge is 2.13. The molecule has 1 aromatic rings. The first-order chi connectivity index (χ1) is 8.85. The number of rotatable bonds is 5.